The van der Waals surface area contributed by atoms with Crippen molar-refractivity contribution in [3.63, 3.8) is 0 Å². The smallest absolute Gasteiger partial charge is 0.0675 e. The lowest BCUT2D eigenvalue weighted by Crippen LogP contribution is -2.41. The van der Waals surface area contributed by atoms with Crippen molar-refractivity contribution in [2.75, 3.05) is 13.1 Å². The molecule has 2 unspecified atom stereocenters. The predicted molar refractivity (Wildman–Crippen MR) is 66.9 cm³/mol. The lowest BCUT2D eigenvalue weighted by molar-refractivity contribution is -0.0166. The van der Waals surface area contributed by atoms with Crippen molar-refractivity contribution < 1.29 is 4.74 Å². The molecular weight excluding hydrogens is 174 g/mol. The Kier molecular flexibility index (Phi) is 26.0. The first kappa shape index (κ1) is 19.5. The lowest BCUT2D eigenvalue weighted by Gasteiger charge is -2.25. The van der Waals surface area contributed by atoms with E-state index in [0.29, 0.717) is 12.2 Å². The van der Waals surface area contributed by atoms with Crippen LogP contribution in [0.4, 0.5) is 0 Å². The maximum Gasteiger partial charge on any atom is 0.0675 e. The number of hydrogen-bond donors (Lipinski definition) is 1. The van der Waals surface area contributed by atoms with E-state index in [4.69, 9.17) is 4.74 Å². The molecule has 0 spiro atoms. The van der Waals surface area contributed by atoms with Gasteiger partial charge in [0.05, 0.1) is 12.2 Å². The van der Waals surface area contributed by atoms with Crippen LogP contribution < -0.4 is 5.32 Å². The fourth-order valence-corrected chi connectivity index (χ4v) is 0.983. The molecule has 0 saturated carbocycles. The second-order valence-corrected chi connectivity index (χ2v) is 2.42. The van der Waals surface area contributed by atoms with Crippen LogP contribution in [-0.2, 0) is 4.74 Å². The largest absolute Gasteiger partial charge is 0.373 e. The summed E-state index contributed by atoms with van der Waals surface area (Å²) in [6, 6.07) is 0. The molecule has 1 fully saturated rings. The van der Waals surface area contributed by atoms with E-state index in [1.165, 1.54) is 0 Å². The summed E-state index contributed by atoms with van der Waals surface area (Å²) in [6.45, 7) is 18.2. The molecule has 1 aliphatic rings. The molecule has 0 amide bonds. The van der Waals surface area contributed by atoms with Gasteiger partial charge in [-0.25, -0.2) is 0 Å². The zero-order valence-corrected chi connectivity index (χ0v) is 11.5. The Morgan fingerprint density at radius 1 is 0.786 bits per heavy atom. The first-order chi connectivity index (χ1) is 6.79. The molecule has 1 rings (SSSR count). The van der Waals surface area contributed by atoms with Crippen LogP contribution in [0.3, 0.4) is 0 Å². The summed E-state index contributed by atoms with van der Waals surface area (Å²) in [7, 11) is 0. The van der Waals surface area contributed by atoms with Crippen LogP contribution in [0.1, 0.15) is 55.4 Å². The van der Waals surface area contributed by atoms with Crippen molar-refractivity contribution >= 4 is 0 Å². The van der Waals surface area contributed by atoms with Gasteiger partial charge in [-0.05, 0) is 13.8 Å². The Morgan fingerprint density at radius 3 is 1.21 bits per heavy atom. The average Bonchev–Trinajstić information content (AvgIpc) is 2.26. The van der Waals surface area contributed by atoms with Crippen LogP contribution in [0, 0.1) is 0 Å². The van der Waals surface area contributed by atoms with Crippen molar-refractivity contribution in [2.45, 2.75) is 67.6 Å². The van der Waals surface area contributed by atoms with Crippen LogP contribution in [0.25, 0.3) is 0 Å². The Labute approximate surface area is 91.4 Å². The van der Waals surface area contributed by atoms with Crippen LogP contribution in [0.15, 0.2) is 0 Å². The minimum atomic E-state index is 0.402. The fourth-order valence-electron chi connectivity index (χ4n) is 0.983. The molecule has 2 nitrogen and oxygen atoms in total. The minimum absolute atomic E-state index is 0.402. The van der Waals surface area contributed by atoms with E-state index in [9.17, 15) is 0 Å². The number of morpholine rings is 1. The molecule has 0 aromatic carbocycles. The summed E-state index contributed by atoms with van der Waals surface area (Å²) in [6.07, 6.45) is 0.803. The minimum Gasteiger partial charge on any atom is -0.373 e. The van der Waals surface area contributed by atoms with Crippen LogP contribution in [-0.4, -0.2) is 25.3 Å². The molecule has 14 heavy (non-hydrogen) atoms. The Morgan fingerprint density at radius 2 is 1.07 bits per heavy atom. The number of ether oxygens (including phenoxy) is 1. The van der Waals surface area contributed by atoms with Gasteiger partial charge in [-0.3, -0.25) is 0 Å². The molecule has 0 aliphatic carbocycles. The molecule has 1 aliphatic heterocycles. The van der Waals surface area contributed by atoms with E-state index in [1.54, 1.807) is 0 Å². The van der Waals surface area contributed by atoms with Gasteiger partial charge in [-0.15, -0.1) is 0 Å². The Balaban J connectivity index is -0.000000174. The lowest BCUT2D eigenvalue weighted by atomic mass is 10.3. The standard InChI is InChI=1S/C6H13NO.3C2H6/c1-5-3-7-4-6(2)8-5;3*1-2/h5-7H,3-4H2,1-2H3;3*1-2H3. The van der Waals surface area contributed by atoms with Gasteiger partial charge in [-0.1, -0.05) is 41.5 Å². The van der Waals surface area contributed by atoms with Gasteiger partial charge in [-0.2, -0.15) is 0 Å². The first-order valence-electron chi connectivity index (χ1n) is 6.15. The summed E-state index contributed by atoms with van der Waals surface area (Å²) >= 11 is 0. The maximum atomic E-state index is 5.42. The molecule has 1 heterocycles. The highest BCUT2D eigenvalue weighted by Crippen LogP contribution is 2.00. The SMILES string of the molecule is CC.CC.CC.CC1CNCC(C)O1. The van der Waals surface area contributed by atoms with Crippen molar-refractivity contribution in [3.05, 3.63) is 0 Å². The van der Waals surface area contributed by atoms with Gasteiger partial charge >= 0.3 is 0 Å². The molecule has 1 saturated heterocycles. The fraction of sp³-hybridized carbons (Fsp3) is 1.00. The highest BCUT2D eigenvalue weighted by atomic mass is 16.5. The summed E-state index contributed by atoms with van der Waals surface area (Å²) < 4.78 is 5.42. The maximum absolute atomic E-state index is 5.42. The van der Waals surface area contributed by atoms with Gasteiger partial charge < -0.3 is 10.1 Å². The Bertz CT molecular complexity index is 68.7. The number of nitrogens with one attached hydrogen (secondary N) is 1. The molecule has 2 heteroatoms. The number of rotatable bonds is 0. The van der Waals surface area contributed by atoms with Crippen molar-refractivity contribution in [1.82, 2.24) is 5.32 Å². The van der Waals surface area contributed by atoms with E-state index in [2.05, 4.69) is 19.2 Å². The third kappa shape index (κ3) is 14.4. The normalized spacial score (nSPS) is 24.0. The van der Waals surface area contributed by atoms with E-state index in [0.717, 1.165) is 13.1 Å². The summed E-state index contributed by atoms with van der Waals surface area (Å²) in [5, 5.41) is 3.26. The second-order valence-electron chi connectivity index (χ2n) is 2.42. The highest BCUT2D eigenvalue weighted by molar-refractivity contribution is 4.66. The molecule has 0 bridgehead atoms. The molecular formula is C12H31NO. The van der Waals surface area contributed by atoms with Gasteiger partial charge in [0.25, 0.3) is 0 Å². The third-order valence-corrected chi connectivity index (χ3v) is 1.33. The van der Waals surface area contributed by atoms with E-state index >= 15 is 0 Å². The Hall–Kier alpha value is -0.0800. The summed E-state index contributed by atoms with van der Waals surface area (Å²) in [5.41, 5.74) is 0. The zero-order valence-electron chi connectivity index (χ0n) is 11.5. The van der Waals surface area contributed by atoms with Crippen molar-refractivity contribution in [3.8, 4) is 0 Å². The second kappa shape index (κ2) is 18.7. The van der Waals surface area contributed by atoms with Gasteiger partial charge in [0, 0.05) is 13.1 Å². The van der Waals surface area contributed by atoms with E-state index < -0.39 is 0 Å². The van der Waals surface area contributed by atoms with Crippen molar-refractivity contribution in [1.29, 1.82) is 0 Å². The number of hydrogen-bond acceptors (Lipinski definition) is 2. The zero-order chi connectivity index (χ0) is 12.0. The van der Waals surface area contributed by atoms with Crippen LogP contribution in [0.2, 0.25) is 0 Å². The summed E-state index contributed by atoms with van der Waals surface area (Å²) in [4.78, 5) is 0. The molecule has 0 aromatic rings. The van der Waals surface area contributed by atoms with Crippen LogP contribution >= 0.6 is 0 Å². The summed E-state index contributed by atoms with van der Waals surface area (Å²) in [5.74, 6) is 0. The molecule has 90 valence electrons. The third-order valence-electron chi connectivity index (χ3n) is 1.33. The molecule has 1 N–H and O–H groups in total. The van der Waals surface area contributed by atoms with E-state index in [1.807, 2.05) is 41.5 Å². The molecule has 0 aromatic heterocycles. The van der Waals surface area contributed by atoms with E-state index in [-0.39, 0.29) is 0 Å². The first-order valence-corrected chi connectivity index (χ1v) is 6.15. The molecule has 2 atom stereocenters. The monoisotopic (exact) mass is 205 g/mol. The van der Waals surface area contributed by atoms with Gasteiger partial charge in [0.1, 0.15) is 0 Å². The quantitative estimate of drug-likeness (QED) is 0.654. The van der Waals surface area contributed by atoms with Crippen molar-refractivity contribution in [2.24, 2.45) is 0 Å². The average molecular weight is 205 g/mol. The highest BCUT2D eigenvalue weighted by Gasteiger charge is 2.12. The van der Waals surface area contributed by atoms with Crippen LogP contribution in [0.5, 0.6) is 0 Å². The topological polar surface area (TPSA) is 21.3 Å². The molecule has 0 radical (unpaired) electrons. The van der Waals surface area contributed by atoms with Gasteiger partial charge in [0.2, 0.25) is 0 Å². The van der Waals surface area contributed by atoms with Gasteiger partial charge in [0.15, 0.2) is 0 Å². The predicted octanol–water partition coefficient (Wildman–Crippen LogP) is 3.46.